The molecule has 3 aromatic rings. The van der Waals surface area contributed by atoms with E-state index in [9.17, 15) is 4.79 Å². The summed E-state index contributed by atoms with van der Waals surface area (Å²) in [6.45, 7) is 2.13. The summed E-state index contributed by atoms with van der Waals surface area (Å²) in [6, 6.07) is 13.1. The highest BCUT2D eigenvalue weighted by Gasteiger charge is 2.26. The first kappa shape index (κ1) is 22.1. The third-order valence-electron chi connectivity index (χ3n) is 5.29. The molecule has 0 radical (unpaired) electrons. The lowest BCUT2D eigenvalue weighted by Crippen LogP contribution is -2.37. The molecule has 2 heterocycles. The van der Waals surface area contributed by atoms with Crippen molar-refractivity contribution in [1.29, 1.82) is 0 Å². The summed E-state index contributed by atoms with van der Waals surface area (Å²) in [6.07, 6.45) is 3.60. The number of nitrogens with zero attached hydrogens (tertiary/aromatic N) is 3. The zero-order chi connectivity index (χ0) is 21.8. The molecule has 1 fully saturated rings. The maximum absolute atomic E-state index is 12.6. The average molecular weight is 477 g/mol. The lowest BCUT2D eigenvalue weighted by Gasteiger charge is -2.30. The number of hydrogen-bond acceptors (Lipinski definition) is 6. The normalized spacial score (nSPS) is 15.2. The number of thioether (sulfide) groups is 1. The summed E-state index contributed by atoms with van der Waals surface area (Å²) in [5, 5.41) is 8.13. The molecule has 0 atom stereocenters. The monoisotopic (exact) mass is 476 g/mol. The molecule has 0 aliphatic carbocycles. The zero-order valence-electron chi connectivity index (χ0n) is 17.0. The second kappa shape index (κ2) is 10.0. The first-order valence-corrected chi connectivity index (χ1v) is 11.9. The van der Waals surface area contributed by atoms with Crippen molar-refractivity contribution in [3.8, 4) is 11.4 Å². The molecule has 1 aliphatic rings. The van der Waals surface area contributed by atoms with Gasteiger partial charge in [-0.05, 0) is 68.6 Å². The fraction of sp³-hybridized carbons (Fsp3) is 0.318. The van der Waals surface area contributed by atoms with Gasteiger partial charge >= 0.3 is 0 Å². The maximum atomic E-state index is 12.6. The summed E-state index contributed by atoms with van der Waals surface area (Å²) >= 11 is 13.8. The van der Waals surface area contributed by atoms with Crippen molar-refractivity contribution in [2.45, 2.75) is 24.3 Å². The number of anilines is 1. The molecule has 6 nitrogen and oxygen atoms in total. The maximum Gasteiger partial charge on any atom is 0.241 e. The van der Waals surface area contributed by atoms with Gasteiger partial charge in [0.15, 0.2) is 0 Å². The quantitative estimate of drug-likeness (QED) is 0.465. The van der Waals surface area contributed by atoms with Crippen LogP contribution in [0.3, 0.4) is 0 Å². The van der Waals surface area contributed by atoms with Gasteiger partial charge in [0.1, 0.15) is 0 Å². The van der Waals surface area contributed by atoms with Crippen LogP contribution in [0.25, 0.3) is 11.4 Å². The number of piperidine rings is 1. The van der Waals surface area contributed by atoms with Crippen LogP contribution in [0.1, 0.15) is 18.7 Å². The Morgan fingerprint density at radius 1 is 1.23 bits per heavy atom. The molecule has 2 aromatic carbocycles. The third kappa shape index (κ3) is 5.60. The highest BCUT2D eigenvalue weighted by atomic mass is 35.5. The van der Waals surface area contributed by atoms with Crippen LogP contribution < -0.4 is 5.32 Å². The molecular weight excluding hydrogens is 455 g/mol. The Morgan fingerprint density at radius 3 is 2.77 bits per heavy atom. The molecule has 31 heavy (non-hydrogen) atoms. The number of carbonyl (C=O) groups excluding carboxylic acids is 1. The van der Waals surface area contributed by atoms with Crippen molar-refractivity contribution >= 4 is 46.6 Å². The number of benzene rings is 2. The van der Waals surface area contributed by atoms with Gasteiger partial charge in [0.25, 0.3) is 0 Å². The number of carbonyl (C=O) groups is 1. The van der Waals surface area contributed by atoms with Gasteiger partial charge in [0.05, 0.1) is 11.6 Å². The van der Waals surface area contributed by atoms with Crippen molar-refractivity contribution in [3.63, 3.8) is 0 Å². The van der Waals surface area contributed by atoms with E-state index < -0.39 is 0 Å². The number of halogens is 2. The Kier molecular flexibility index (Phi) is 7.17. The van der Waals surface area contributed by atoms with Crippen molar-refractivity contribution in [3.05, 3.63) is 58.4 Å². The van der Waals surface area contributed by atoms with E-state index in [4.69, 9.17) is 27.7 Å². The van der Waals surface area contributed by atoms with Gasteiger partial charge in [-0.25, -0.2) is 0 Å². The van der Waals surface area contributed by atoms with Crippen LogP contribution >= 0.6 is 35.0 Å². The van der Waals surface area contributed by atoms with Crippen LogP contribution in [0.15, 0.2) is 51.9 Å². The molecule has 9 heteroatoms. The molecule has 1 N–H and O–H groups in total. The Hall–Kier alpha value is -2.06. The van der Waals surface area contributed by atoms with Crippen molar-refractivity contribution in [1.82, 2.24) is 15.0 Å². The Morgan fingerprint density at radius 2 is 2.03 bits per heavy atom. The zero-order valence-corrected chi connectivity index (χ0v) is 19.3. The summed E-state index contributed by atoms with van der Waals surface area (Å²) in [4.78, 5) is 20.5. The molecule has 162 valence electrons. The van der Waals surface area contributed by atoms with Gasteiger partial charge < -0.3 is 9.84 Å². The van der Waals surface area contributed by atoms with Crippen LogP contribution in [0.5, 0.6) is 0 Å². The van der Waals surface area contributed by atoms with E-state index in [-0.39, 0.29) is 11.8 Å². The SMILES string of the molecule is CSc1cccc(NC(=O)C2CCN(Cc3nc(-c4ccc(Cl)cc4Cl)no3)CC2)c1. The highest BCUT2D eigenvalue weighted by molar-refractivity contribution is 7.98. The van der Waals surface area contributed by atoms with Gasteiger partial charge in [-0.1, -0.05) is 34.4 Å². The van der Waals surface area contributed by atoms with Crippen LogP contribution in [0, 0.1) is 5.92 Å². The van der Waals surface area contributed by atoms with Crippen LogP contribution in [-0.2, 0) is 11.3 Å². The van der Waals surface area contributed by atoms with E-state index in [0.717, 1.165) is 36.5 Å². The minimum absolute atomic E-state index is 0.000283. The summed E-state index contributed by atoms with van der Waals surface area (Å²) in [5.74, 6) is 1.05. The molecule has 1 saturated heterocycles. The molecule has 0 bridgehead atoms. The number of likely N-dealkylation sites (tertiary alicyclic amines) is 1. The van der Waals surface area contributed by atoms with Gasteiger partial charge in [-0.15, -0.1) is 11.8 Å². The van der Waals surface area contributed by atoms with Crippen LogP contribution in [-0.4, -0.2) is 40.3 Å². The second-order valence-corrected chi connectivity index (χ2v) is 9.13. The molecule has 1 aliphatic heterocycles. The second-order valence-electron chi connectivity index (χ2n) is 7.41. The first-order chi connectivity index (χ1) is 15.0. The lowest BCUT2D eigenvalue weighted by atomic mass is 9.96. The largest absolute Gasteiger partial charge is 0.338 e. The molecule has 1 aromatic heterocycles. The van der Waals surface area contributed by atoms with Crippen molar-refractivity contribution in [2.24, 2.45) is 5.92 Å². The number of hydrogen-bond donors (Lipinski definition) is 1. The fourth-order valence-corrected chi connectivity index (χ4v) is 4.54. The summed E-state index contributed by atoms with van der Waals surface area (Å²) in [7, 11) is 0. The van der Waals surface area contributed by atoms with Crippen LogP contribution in [0.4, 0.5) is 5.69 Å². The topological polar surface area (TPSA) is 71.3 Å². The van der Waals surface area contributed by atoms with E-state index in [1.54, 1.807) is 30.0 Å². The van der Waals surface area contributed by atoms with E-state index in [0.29, 0.717) is 33.9 Å². The number of aromatic nitrogens is 2. The predicted molar refractivity (Wildman–Crippen MR) is 125 cm³/mol. The number of rotatable bonds is 6. The molecule has 0 saturated carbocycles. The molecular formula is C22H22Cl2N4O2S. The molecule has 0 unspecified atom stereocenters. The van der Waals surface area contributed by atoms with Gasteiger partial charge in [0.2, 0.25) is 17.6 Å². The van der Waals surface area contributed by atoms with Crippen molar-refractivity contribution < 1.29 is 9.32 Å². The third-order valence-corrected chi connectivity index (χ3v) is 6.57. The number of nitrogens with one attached hydrogen (secondary N) is 1. The summed E-state index contributed by atoms with van der Waals surface area (Å²) < 4.78 is 5.41. The van der Waals surface area contributed by atoms with E-state index >= 15 is 0 Å². The Balaban J connectivity index is 1.30. The van der Waals surface area contributed by atoms with Gasteiger partial charge in [0, 0.05) is 27.1 Å². The van der Waals surface area contributed by atoms with Crippen LogP contribution in [0.2, 0.25) is 10.0 Å². The Bertz CT molecular complexity index is 1070. The number of amides is 1. The average Bonchev–Trinajstić information content (AvgIpc) is 3.22. The summed E-state index contributed by atoms with van der Waals surface area (Å²) in [5.41, 5.74) is 1.53. The standard InChI is InChI=1S/C22H22Cl2N4O2S/c1-31-17-4-2-3-16(12-17)25-22(29)14-7-9-28(10-8-14)13-20-26-21(27-30-20)18-6-5-15(23)11-19(18)24/h2-6,11-12,14H,7-10,13H2,1H3,(H,25,29). The van der Waals surface area contributed by atoms with E-state index in [1.807, 2.05) is 30.5 Å². The fourth-order valence-electron chi connectivity index (χ4n) is 3.59. The smallest absolute Gasteiger partial charge is 0.241 e. The Labute approximate surface area is 195 Å². The molecule has 0 spiro atoms. The molecule has 4 rings (SSSR count). The van der Waals surface area contributed by atoms with Gasteiger partial charge in [-0.3, -0.25) is 9.69 Å². The van der Waals surface area contributed by atoms with Gasteiger partial charge in [-0.2, -0.15) is 4.98 Å². The minimum Gasteiger partial charge on any atom is -0.338 e. The highest BCUT2D eigenvalue weighted by Crippen LogP contribution is 2.29. The van der Waals surface area contributed by atoms with E-state index in [1.165, 1.54) is 0 Å². The lowest BCUT2D eigenvalue weighted by molar-refractivity contribution is -0.121. The minimum atomic E-state index is 0.000283. The molecule has 1 amide bonds. The van der Waals surface area contributed by atoms with Crippen molar-refractivity contribution in [2.75, 3.05) is 24.7 Å². The first-order valence-electron chi connectivity index (χ1n) is 9.97. The van der Waals surface area contributed by atoms with E-state index in [2.05, 4.69) is 20.4 Å². The predicted octanol–water partition coefficient (Wildman–Crippen LogP) is 5.62.